The van der Waals surface area contributed by atoms with Crippen LogP contribution in [0.5, 0.6) is 0 Å². The van der Waals surface area contributed by atoms with Gasteiger partial charge in [-0.2, -0.15) is 5.06 Å². The van der Waals surface area contributed by atoms with E-state index in [1.54, 1.807) is 0 Å². The summed E-state index contributed by atoms with van der Waals surface area (Å²) < 4.78 is 5.11. The third-order valence-corrected chi connectivity index (χ3v) is 3.53. The van der Waals surface area contributed by atoms with Crippen molar-refractivity contribution >= 4 is 5.97 Å². The van der Waals surface area contributed by atoms with Crippen molar-refractivity contribution in [3.05, 3.63) is 0 Å². The molecule has 0 unspecified atom stereocenters. The number of esters is 1. The number of carbonyl (C=O) groups is 1. The first-order valence-electron chi connectivity index (χ1n) is 7.47. The average Bonchev–Trinajstić information content (AvgIpc) is 2.42. The Bertz CT molecular complexity index is 335. The van der Waals surface area contributed by atoms with Crippen molar-refractivity contribution in [3.63, 3.8) is 0 Å². The first kappa shape index (κ1) is 18.3. The van der Waals surface area contributed by atoms with E-state index in [0.717, 1.165) is 6.42 Å². The number of piperidine rings is 1. The number of hydroxylamine groups is 2. The van der Waals surface area contributed by atoms with Gasteiger partial charge in [0.15, 0.2) is 0 Å². The Morgan fingerprint density at radius 3 is 2.57 bits per heavy atom. The lowest BCUT2D eigenvalue weighted by Gasteiger charge is -2.47. The summed E-state index contributed by atoms with van der Waals surface area (Å²) in [4.78, 5) is 16.9. The van der Waals surface area contributed by atoms with E-state index < -0.39 is 23.9 Å². The largest absolute Gasteiger partial charge is 0.464 e. The molecular weight excluding hydrogens is 278 g/mol. The molecule has 4 atom stereocenters. The Morgan fingerprint density at radius 2 is 2.00 bits per heavy atom. The van der Waals surface area contributed by atoms with Crippen LogP contribution in [0.3, 0.4) is 0 Å². The molecule has 0 saturated carbocycles. The van der Waals surface area contributed by atoms with E-state index in [9.17, 15) is 20.1 Å². The lowest BCUT2D eigenvalue weighted by molar-refractivity contribution is -0.290. The Morgan fingerprint density at radius 1 is 1.33 bits per heavy atom. The minimum absolute atomic E-state index is 0.0290. The second-order valence-electron chi connectivity index (χ2n) is 5.70. The topological polar surface area (TPSA) is 99.5 Å². The van der Waals surface area contributed by atoms with Gasteiger partial charge in [0.2, 0.25) is 0 Å². The van der Waals surface area contributed by atoms with Gasteiger partial charge in [-0.3, -0.25) is 9.63 Å². The monoisotopic (exact) mass is 305 g/mol. The molecule has 1 heterocycles. The number of hydrogen-bond donors (Lipinski definition) is 3. The van der Waals surface area contributed by atoms with Crippen molar-refractivity contribution in [2.24, 2.45) is 0 Å². The van der Waals surface area contributed by atoms with Crippen molar-refractivity contribution in [2.45, 2.75) is 63.9 Å². The highest BCUT2D eigenvalue weighted by molar-refractivity contribution is 5.69. The van der Waals surface area contributed by atoms with Crippen LogP contribution in [0.15, 0.2) is 0 Å². The summed E-state index contributed by atoms with van der Waals surface area (Å²) in [6.07, 6.45) is -0.841. The van der Waals surface area contributed by atoms with Crippen LogP contribution in [0.2, 0.25) is 0 Å². The molecule has 1 fully saturated rings. The molecule has 1 saturated heterocycles. The molecule has 7 heteroatoms. The van der Waals surface area contributed by atoms with Gasteiger partial charge in [-0.25, -0.2) is 0 Å². The normalized spacial score (nSPS) is 33.9. The highest BCUT2D eigenvalue weighted by Crippen LogP contribution is 2.27. The lowest BCUT2D eigenvalue weighted by atomic mass is 9.86. The zero-order valence-electron chi connectivity index (χ0n) is 13.0. The van der Waals surface area contributed by atoms with E-state index in [2.05, 4.69) is 0 Å². The Hall–Kier alpha value is -0.730. The average molecular weight is 305 g/mol. The Balaban J connectivity index is 2.72. The fraction of sp³-hybridized carbons (Fsp3) is 0.929. The summed E-state index contributed by atoms with van der Waals surface area (Å²) in [6.45, 7) is 5.59. The maximum Gasteiger partial charge on any atom is 0.305 e. The Kier molecular flexibility index (Phi) is 7.02. The van der Waals surface area contributed by atoms with Crippen LogP contribution in [0.25, 0.3) is 0 Å². The van der Waals surface area contributed by atoms with Crippen LogP contribution in [-0.2, 0) is 14.4 Å². The van der Waals surface area contributed by atoms with Crippen LogP contribution in [0.4, 0.5) is 0 Å². The van der Waals surface area contributed by atoms with Crippen molar-refractivity contribution in [2.75, 3.05) is 19.8 Å². The van der Waals surface area contributed by atoms with Crippen LogP contribution < -0.4 is 0 Å². The van der Waals surface area contributed by atoms with Gasteiger partial charge < -0.3 is 20.1 Å². The van der Waals surface area contributed by atoms with Gasteiger partial charge in [-0.1, -0.05) is 13.8 Å². The molecule has 0 amide bonds. The van der Waals surface area contributed by atoms with E-state index >= 15 is 0 Å². The zero-order valence-corrected chi connectivity index (χ0v) is 13.0. The van der Waals surface area contributed by atoms with Crippen molar-refractivity contribution < 1.29 is 29.7 Å². The summed E-state index contributed by atoms with van der Waals surface area (Å²) in [7, 11) is 0. The van der Waals surface area contributed by atoms with Crippen molar-refractivity contribution in [1.29, 1.82) is 0 Å². The zero-order chi connectivity index (χ0) is 16.0. The number of hydrogen-bond acceptors (Lipinski definition) is 7. The molecule has 0 radical (unpaired) electrons. The molecule has 7 nitrogen and oxygen atoms in total. The molecule has 0 aliphatic carbocycles. The molecule has 1 aliphatic rings. The molecule has 21 heavy (non-hydrogen) atoms. The van der Waals surface area contributed by atoms with Gasteiger partial charge in [0.1, 0.15) is 24.4 Å². The molecule has 1 rings (SSSR count). The van der Waals surface area contributed by atoms with E-state index in [1.165, 1.54) is 12.0 Å². The van der Waals surface area contributed by atoms with Crippen LogP contribution in [0, 0.1) is 0 Å². The summed E-state index contributed by atoms with van der Waals surface area (Å²) >= 11 is 0. The first-order chi connectivity index (χ1) is 9.83. The van der Waals surface area contributed by atoms with E-state index in [4.69, 9.17) is 9.57 Å². The summed E-state index contributed by atoms with van der Waals surface area (Å²) in [6, 6.07) is -0.701. The molecule has 0 aromatic heterocycles. The number of aliphatic hydroxyl groups excluding tert-OH is 2. The summed E-state index contributed by atoms with van der Waals surface area (Å²) in [5.41, 5.74) is -1.49. The predicted octanol–water partition coefficient (Wildman–Crippen LogP) is -0.172. The van der Waals surface area contributed by atoms with Gasteiger partial charge in [0, 0.05) is 6.42 Å². The molecule has 3 N–H and O–H groups in total. The first-order valence-corrected chi connectivity index (χ1v) is 7.47. The second kappa shape index (κ2) is 8.05. The van der Waals surface area contributed by atoms with Crippen molar-refractivity contribution in [1.82, 2.24) is 5.06 Å². The second-order valence-corrected chi connectivity index (χ2v) is 5.70. The smallest absolute Gasteiger partial charge is 0.305 e. The molecule has 124 valence electrons. The minimum Gasteiger partial charge on any atom is -0.464 e. The van der Waals surface area contributed by atoms with E-state index in [-0.39, 0.29) is 19.1 Å². The van der Waals surface area contributed by atoms with Gasteiger partial charge in [-0.05, 0) is 19.8 Å². The summed E-state index contributed by atoms with van der Waals surface area (Å²) in [5, 5.41) is 31.7. The maximum absolute atomic E-state index is 11.4. The summed E-state index contributed by atoms with van der Waals surface area (Å²) in [5.74, 6) is -0.355. The van der Waals surface area contributed by atoms with Gasteiger partial charge in [0.05, 0.1) is 19.2 Å². The Labute approximate surface area is 125 Å². The number of nitrogens with zero attached hydrogens (tertiary/aromatic N) is 1. The van der Waals surface area contributed by atoms with Crippen LogP contribution in [0.1, 0.15) is 40.0 Å². The molecular formula is C14H27NO6. The van der Waals surface area contributed by atoms with E-state index in [1.807, 2.05) is 13.8 Å². The van der Waals surface area contributed by atoms with Gasteiger partial charge in [-0.15, -0.1) is 0 Å². The molecule has 0 aromatic carbocycles. The fourth-order valence-electron chi connectivity index (χ4n) is 2.26. The maximum atomic E-state index is 11.4. The standard InChI is InChI=1S/C14H27NO6/c1-4-6-11(16)20-8-10-12(17)13(18)14(3,19)9-15(10)21-7-5-2/h10,12-13,17-19H,4-9H2,1-3H3/t10-,12-,13+,14+/m1/s1. The molecule has 1 aliphatic heterocycles. The number of aliphatic hydroxyl groups is 3. The number of ether oxygens (including phenoxy) is 1. The van der Waals surface area contributed by atoms with Crippen LogP contribution in [-0.4, -0.2) is 70.0 Å². The fourth-order valence-corrected chi connectivity index (χ4v) is 2.26. The third kappa shape index (κ3) is 4.89. The predicted molar refractivity (Wildman–Crippen MR) is 75.2 cm³/mol. The van der Waals surface area contributed by atoms with Gasteiger partial charge >= 0.3 is 5.97 Å². The number of β-amino-alcohol motifs (C(OH)–C–C–N with tert-alkyl or cyclic N) is 1. The van der Waals surface area contributed by atoms with Gasteiger partial charge in [0.25, 0.3) is 0 Å². The highest BCUT2D eigenvalue weighted by Gasteiger charge is 2.49. The molecule has 0 spiro atoms. The van der Waals surface area contributed by atoms with E-state index in [0.29, 0.717) is 19.4 Å². The lowest BCUT2D eigenvalue weighted by Crippen LogP contribution is -2.67. The number of carbonyl (C=O) groups excluding carboxylic acids is 1. The van der Waals surface area contributed by atoms with Crippen LogP contribution >= 0.6 is 0 Å². The third-order valence-electron chi connectivity index (χ3n) is 3.53. The van der Waals surface area contributed by atoms with Crippen molar-refractivity contribution in [3.8, 4) is 0 Å². The number of rotatable bonds is 7. The quantitative estimate of drug-likeness (QED) is 0.561. The minimum atomic E-state index is -1.49. The molecule has 0 aromatic rings. The molecule has 0 bridgehead atoms. The highest BCUT2D eigenvalue weighted by atomic mass is 16.7. The SMILES string of the molecule is CCCON1C[C@](C)(O)[C@@H](O)[C@H](O)[C@H]1COC(=O)CCC.